The number of carbonyl (C=O) groups excluding carboxylic acids is 2. The third kappa shape index (κ3) is 3.52. The Bertz CT molecular complexity index is 1100. The fourth-order valence-corrected chi connectivity index (χ4v) is 5.27. The zero-order chi connectivity index (χ0) is 21.4. The van der Waals surface area contributed by atoms with Crippen molar-refractivity contribution in [1.29, 1.82) is 0 Å². The maximum absolute atomic E-state index is 13.7. The summed E-state index contributed by atoms with van der Waals surface area (Å²) in [5, 5.41) is 4.20. The van der Waals surface area contributed by atoms with E-state index < -0.39 is 12.1 Å². The molecular weight excluding hydrogens is 386 g/mol. The molecule has 0 aliphatic carbocycles. The molecule has 5 heteroatoms. The van der Waals surface area contributed by atoms with E-state index in [2.05, 4.69) is 29.4 Å². The van der Waals surface area contributed by atoms with Gasteiger partial charge in [-0.05, 0) is 23.6 Å². The average Bonchev–Trinajstić information content (AvgIpc) is 3.16. The van der Waals surface area contributed by atoms with E-state index in [9.17, 15) is 9.59 Å². The first-order chi connectivity index (χ1) is 15.2. The molecule has 3 heterocycles. The molecule has 2 unspecified atom stereocenters. The highest BCUT2D eigenvalue weighted by molar-refractivity contribution is 5.99. The lowest BCUT2D eigenvalue weighted by atomic mass is 9.85. The number of rotatable bonds is 6. The van der Waals surface area contributed by atoms with Crippen molar-refractivity contribution in [2.24, 2.45) is 0 Å². The van der Waals surface area contributed by atoms with Gasteiger partial charge in [-0.1, -0.05) is 74.7 Å². The predicted octanol–water partition coefficient (Wildman–Crippen LogP) is 4.28. The van der Waals surface area contributed by atoms with Crippen LogP contribution in [0.3, 0.4) is 0 Å². The number of hydrogen-bond donors (Lipinski definition) is 2. The van der Waals surface area contributed by atoms with Crippen LogP contribution >= 0.6 is 0 Å². The molecule has 0 saturated carbocycles. The number of unbranched alkanes of at least 4 members (excludes halogenated alkanes) is 2. The number of para-hydroxylation sites is 1. The molecule has 1 fully saturated rings. The fraction of sp³-hybridized carbons (Fsp3) is 0.385. The van der Waals surface area contributed by atoms with Crippen molar-refractivity contribution in [3.63, 3.8) is 0 Å². The highest BCUT2D eigenvalue weighted by Crippen LogP contribution is 2.41. The Balaban J connectivity index is 1.52. The Kier molecular flexibility index (Phi) is 5.26. The number of amides is 2. The standard InChI is InChI=1S/C26H29N3O2/c1-2-3-5-14-22-24-19(18-12-8-9-13-20(18)27-24)16-23-25(30)28-21(26(31)29(22)23)15-17-10-6-4-7-11-17/h4,6-13,21-23,27H,2-3,5,14-16H2,1H3,(H,28,30)/t21?,22?,23-/m0/s1. The van der Waals surface area contributed by atoms with Crippen LogP contribution in [-0.2, 0) is 22.4 Å². The Hall–Kier alpha value is -3.08. The molecule has 31 heavy (non-hydrogen) atoms. The van der Waals surface area contributed by atoms with Gasteiger partial charge in [-0.3, -0.25) is 9.59 Å². The molecule has 0 spiro atoms. The number of nitrogens with zero attached hydrogens (tertiary/aromatic N) is 1. The van der Waals surface area contributed by atoms with Crippen LogP contribution in [0.4, 0.5) is 0 Å². The third-order valence-corrected chi connectivity index (χ3v) is 6.78. The quantitative estimate of drug-likeness (QED) is 0.590. The zero-order valence-corrected chi connectivity index (χ0v) is 17.9. The van der Waals surface area contributed by atoms with Gasteiger partial charge < -0.3 is 15.2 Å². The Labute approximate surface area is 182 Å². The molecule has 3 atom stereocenters. The molecule has 0 bridgehead atoms. The fourth-order valence-electron chi connectivity index (χ4n) is 5.27. The summed E-state index contributed by atoms with van der Waals surface area (Å²) in [5.74, 6) is 0.0104. The van der Waals surface area contributed by atoms with Crippen LogP contribution in [0.1, 0.15) is 55.5 Å². The SMILES string of the molecule is CCCCCC1c2[nH]c3ccccc3c2C[C@H]2C(=O)NC(Cc3ccccc3)C(=O)N12. The first-order valence-corrected chi connectivity index (χ1v) is 11.4. The maximum Gasteiger partial charge on any atom is 0.246 e. The van der Waals surface area contributed by atoms with E-state index in [1.165, 1.54) is 10.9 Å². The second kappa shape index (κ2) is 8.22. The van der Waals surface area contributed by atoms with Crippen LogP contribution in [0, 0.1) is 0 Å². The number of hydrogen-bond acceptors (Lipinski definition) is 2. The number of aromatic nitrogens is 1. The van der Waals surface area contributed by atoms with Gasteiger partial charge in [0.1, 0.15) is 12.1 Å². The molecule has 5 rings (SSSR count). The zero-order valence-electron chi connectivity index (χ0n) is 17.9. The molecule has 3 aromatic rings. The minimum Gasteiger partial charge on any atom is -0.356 e. The van der Waals surface area contributed by atoms with Gasteiger partial charge in [-0.2, -0.15) is 0 Å². The predicted molar refractivity (Wildman–Crippen MR) is 122 cm³/mol. The smallest absolute Gasteiger partial charge is 0.246 e. The van der Waals surface area contributed by atoms with Crippen molar-refractivity contribution >= 4 is 22.7 Å². The Morgan fingerprint density at radius 2 is 1.77 bits per heavy atom. The van der Waals surface area contributed by atoms with Gasteiger partial charge in [-0.15, -0.1) is 0 Å². The lowest BCUT2D eigenvalue weighted by Crippen LogP contribution is -2.66. The maximum atomic E-state index is 13.7. The van der Waals surface area contributed by atoms with Gasteiger partial charge in [0, 0.05) is 29.4 Å². The number of H-pyrrole nitrogens is 1. The Morgan fingerprint density at radius 1 is 1.00 bits per heavy atom. The van der Waals surface area contributed by atoms with E-state index in [1.54, 1.807) is 0 Å². The lowest BCUT2D eigenvalue weighted by Gasteiger charge is -2.46. The van der Waals surface area contributed by atoms with E-state index in [4.69, 9.17) is 0 Å². The van der Waals surface area contributed by atoms with Gasteiger partial charge in [-0.25, -0.2) is 0 Å². The number of carbonyl (C=O) groups is 2. The van der Waals surface area contributed by atoms with E-state index in [-0.39, 0.29) is 17.9 Å². The van der Waals surface area contributed by atoms with E-state index >= 15 is 0 Å². The first kappa shape index (κ1) is 19.9. The number of aromatic amines is 1. The monoisotopic (exact) mass is 415 g/mol. The number of piperazine rings is 1. The molecule has 2 amide bonds. The summed E-state index contributed by atoms with van der Waals surface area (Å²) in [6.07, 6.45) is 5.26. The van der Waals surface area contributed by atoms with Crippen LogP contribution in [0.15, 0.2) is 54.6 Å². The minimum atomic E-state index is -0.509. The average molecular weight is 416 g/mol. The largest absolute Gasteiger partial charge is 0.356 e. The molecule has 1 aromatic heterocycles. The van der Waals surface area contributed by atoms with E-state index in [0.717, 1.165) is 42.5 Å². The first-order valence-electron chi connectivity index (χ1n) is 11.4. The second-order valence-corrected chi connectivity index (χ2v) is 8.79. The van der Waals surface area contributed by atoms with Crippen LogP contribution in [0.25, 0.3) is 10.9 Å². The summed E-state index contributed by atoms with van der Waals surface area (Å²) >= 11 is 0. The van der Waals surface area contributed by atoms with Crippen molar-refractivity contribution in [3.05, 3.63) is 71.4 Å². The number of benzene rings is 2. The highest BCUT2D eigenvalue weighted by Gasteiger charge is 2.48. The van der Waals surface area contributed by atoms with E-state index in [0.29, 0.717) is 12.8 Å². The number of fused-ring (bicyclic) bond motifs is 4. The topological polar surface area (TPSA) is 65.2 Å². The van der Waals surface area contributed by atoms with Crippen molar-refractivity contribution in [1.82, 2.24) is 15.2 Å². The van der Waals surface area contributed by atoms with E-state index in [1.807, 2.05) is 47.4 Å². The van der Waals surface area contributed by atoms with Gasteiger partial charge >= 0.3 is 0 Å². The molecule has 5 nitrogen and oxygen atoms in total. The van der Waals surface area contributed by atoms with Crippen molar-refractivity contribution in [2.45, 2.75) is 63.6 Å². The summed E-state index contributed by atoms with van der Waals surface area (Å²) in [6.45, 7) is 2.19. The minimum absolute atomic E-state index is 0.0306. The molecule has 1 saturated heterocycles. The normalized spacial score (nSPS) is 22.9. The van der Waals surface area contributed by atoms with Crippen molar-refractivity contribution < 1.29 is 9.59 Å². The number of nitrogens with one attached hydrogen (secondary N) is 2. The summed E-state index contributed by atoms with van der Waals surface area (Å²) in [4.78, 5) is 32.4. The molecular formula is C26H29N3O2. The molecule has 2 aliphatic heterocycles. The van der Waals surface area contributed by atoms with Crippen molar-refractivity contribution in [2.75, 3.05) is 0 Å². The summed E-state index contributed by atoms with van der Waals surface area (Å²) in [5.41, 5.74) is 4.46. The molecule has 160 valence electrons. The lowest BCUT2D eigenvalue weighted by molar-refractivity contribution is -0.153. The molecule has 2 aromatic carbocycles. The van der Waals surface area contributed by atoms with Gasteiger partial charge in [0.15, 0.2) is 0 Å². The Morgan fingerprint density at radius 3 is 2.58 bits per heavy atom. The summed E-state index contributed by atoms with van der Waals surface area (Å²) in [6, 6.07) is 17.2. The van der Waals surface area contributed by atoms with Gasteiger partial charge in [0.2, 0.25) is 11.8 Å². The van der Waals surface area contributed by atoms with Gasteiger partial charge in [0.05, 0.1) is 6.04 Å². The van der Waals surface area contributed by atoms with Crippen LogP contribution in [-0.4, -0.2) is 33.8 Å². The molecule has 2 aliphatic rings. The summed E-state index contributed by atoms with van der Waals surface area (Å²) < 4.78 is 0. The highest BCUT2D eigenvalue weighted by atomic mass is 16.2. The van der Waals surface area contributed by atoms with Crippen LogP contribution in [0.5, 0.6) is 0 Å². The third-order valence-electron chi connectivity index (χ3n) is 6.78. The van der Waals surface area contributed by atoms with Gasteiger partial charge in [0.25, 0.3) is 0 Å². The van der Waals surface area contributed by atoms with Crippen LogP contribution < -0.4 is 5.32 Å². The summed E-state index contributed by atoms with van der Waals surface area (Å²) in [7, 11) is 0. The van der Waals surface area contributed by atoms with Crippen molar-refractivity contribution in [3.8, 4) is 0 Å². The molecule has 0 radical (unpaired) electrons. The molecule has 2 N–H and O–H groups in total. The second-order valence-electron chi connectivity index (χ2n) is 8.79. The van der Waals surface area contributed by atoms with Crippen LogP contribution in [0.2, 0.25) is 0 Å².